The summed E-state index contributed by atoms with van der Waals surface area (Å²) in [5.74, 6) is 0. The van der Waals surface area contributed by atoms with Gasteiger partial charge in [-0.2, -0.15) is 0 Å². The molecule has 2 aromatic rings. The van der Waals surface area contributed by atoms with Crippen molar-refractivity contribution in [1.29, 1.82) is 0 Å². The minimum absolute atomic E-state index is 0.401. The third-order valence-corrected chi connectivity index (χ3v) is 4.09. The highest BCUT2D eigenvalue weighted by molar-refractivity contribution is 9.10. The smallest absolute Gasteiger partial charge is 0.0456 e. The Morgan fingerprint density at radius 2 is 2.12 bits per heavy atom. The van der Waals surface area contributed by atoms with Gasteiger partial charge in [0.25, 0.3) is 0 Å². The Balaban J connectivity index is 1.93. The van der Waals surface area contributed by atoms with Crippen molar-refractivity contribution in [1.82, 2.24) is 4.98 Å². The van der Waals surface area contributed by atoms with Crippen LogP contribution in [0.1, 0.15) is 18.5 Å². The monoisotopic (exact) mass is 278 g/mol. The van der Waals surface area contributed by atoms with Crippen LogP contribution in [-0.2, 0) is 6.42 Å². The van der Waals surface area contributed by atoms with Crippen LogP contribution in [0.4, 0.5) is 0 Å². The number of aromatic amines is 1. The van der Waals surface area contributed by atoms with Gasteiger partial charge in [0.15, 0.2) is 0 Å². The van der Waals surface area contributed by atoms with Gasteiger partial charge < -0.3 is 10.7 Å². The van der Waals surface area contributed by atoms with Crippen LogP contribution < -0.4 is 5.73 Å². The molecule has 0 bridgehead atoms. The molecule has 2 nitrogen and oxygen atoms in total. The molecule has 1 aromatic heterocycles. The second-order valence-electron chi connectivity index (χ2n) is 4.91. The van der Waals surface area contributed by atoms with E-state index in [0.717, 1.165) is 17.4 Å². The van der Waals surface area contributed by atoms with E-state index in [9.17, 15) is 0 Å². The first kappa shape index (κ1) is 10.4. The molecule has 0 amide bonds. The number of rotatable bonds is 3. The molecule has 84 valence electrons. The Morgan fingerprint density at radius 3 is 2.81 bits per heavy atom. The Bertz CT molecular complexity index is 526. The third kappa shape index (κ3) is 1.78. The van der Waals surface area contributed by atoms with Crippen LogP contribution in [0.25, 0.3) is 10.9 Å². The zero-order valence-corrected chi connectivity index (χ0v) is 10.7. The first-order chi connectivity index (χ1) is 7.71. The van der Waals surface area contributed by atoms with Crippen molar-refractivity contribution in [2.24, 2.45) is 11.1 Å². The van der Waals surface area contributed by atoms with Crippen LogP contribution in [0, 0.1) is 5.41 Å². The summed E-state index contributed by atoms with van der Waals surface area (Å²) in [5, 5.41) is 1.28. The summed E-state index contributed by atoms with van der Waals surface area (Å²) < 4.78 is 1.13. The lowest BCUT2D eigenvalue weighted by Crippen LogP contribution is -2.17. The molecule has 3 rings (SSSR count). The lowest BCUT2D eigenvalue weighted by atomic mass is 10.0. The van der Waals surface area contributed by atoms with Crippen molar-refractivity contribution in [3.63, 3.8) is 0 Å². The molecule has 1 aliphatic carbocycles. The average Bonchev–Trinajstić information content (AvgIpc) is 2.92. The molecular formula is C13H15BrN2. The van der Waals surface area contributed by atoms with E-state index in [2.05, 4.69) is 45.2 Å². The van der Waals surface area contributed by atoms with Crippen molar-refractivity contribution in [3.05, 3.63) is 34.4 Å². The highest BCUT2D eigenvalue weighted by atomic mass is 79.9. The quantitative estimate of drug-likeness (QED) is 0.890. The van der Waals surface area contributed by atoms with E-state index in [0.29, 0.717) is 5.41 Å². The molecule has 16 heavy (non-hydrogen) atoms. The fraction of sp³-hybridized carbons (Fsp3) is 0.385. The second-order valence-corrected chi connectivity index (χ2v) is 5.82. The number of hydrogen-bond donors (Lipinski definition) is 2. The summed E-state index contributed by atoms with van der Waals surface area (Å²) in [7, 11) is 0. The van der Waals surface area contributed by atoms with Gasteiger partial charge >= 0.3 is 0 Å². The molecule has 0 radical (unpaired) electrons. The van der Waals surface area contributed by atoms with Gasteiger partial charge in [-0.25, -0.2) is 0 Å². The van der Waals surface area contributed by atoms with Crippen molar-refractivity contribution in [2.75, 3.05) is 6.54 Å². The molecule has 0 unspecified atom stereocenters. The lowest BCUT2D eigenvalue weighted by molar-refractivity contribution is 0.516. The van der Waals surface area contributed by atoms with Crippen molar-refractivity contribution < 1.29 is 0 Å². The normalized spacial score (nSPS) is 17.9. The van der Waals surface area contributed by atoms with E-state index in [4.69, 9.17) is 5.73 Å². The Morgan fingerprint density at radius 1 is 1.31 bits per heavy atom. The van der Waals surface area contributed by atoms with Crippen LogP contribution in [0.15, 0.2) is 28.7 Å². The summed E-state index contributed by atoms with van der Waals surface area (Å²) in [4.78, 5) is 3.48. The third-order valence-electron chi connectivity index (χ3n) is 3.59. The van der Waals surface area contributed by atoms with Crippen LogP contribution in [0.5, 0.6) is 0 Å². The van der Waals surface area contributed by atoms with Crippen LogP contribution in [0.2, 0.25) is 0 Å². The Kier molecular flexibility index (Phi) is 2.33. The van der Waals surface area contributed by atoms with E-state index in [1.807, 2.05) is 0 Å². The molecule has 0 spiro atoms. The Labute approximate surface area is 103 Å². The summed E-state index contributed by atoms with van der Waals surface area (Å²) in [6.45, 7) is 0.812. The van der Waals surface area contributed by atoms with Crippen molar-refractivity contribution >= 4 is 26.8 Å². The first-order valence-corrected chi connectivity index (χ1v) is 6.47. The number of fused-ring (bicyclic) bond motifs is 1. The molecule has 0 atom stereocenters. The maximum absolute atomic E-state index is 5.81. The van der Waals surface area contributed by atoms with E-state index in [1.165, 1.54) is 29.4 Å². The van der Waals surface area contributed by atoms with Crippen molar-refractivity contribution in [3.8, 4) is 0 Å². The fourth-order valence-corrected chi connectivity index (χ4v) is 2.67. The molecular weight excluding hydrogens is 264 g/mol. The standard InChI is InChI=1S/C13H15BrN2/c14-10-1-2-12-9(5-10)6-11(16-12)7-13(8-15)3-4-13/h1-2,5-6,16H,3-4,7-8,15H2. The largest absolute Gasteiger partial charge is 0.358 e. The molecule has 0 aliphatic heterocycles. The highest BCUT2D eigenvalue weighted by Gasteiger charge is 2.41. The molecule has 3 N–H and O–H groups in total. The highest BCUT2D eigenvalue weighted by Crippen LogP contribution is 2.47. The van der Waals surface area contributed by atoms with Gasteiger partial charge in [-0.3, -0.25) is 0 Å². The number of H-pyrrole nitrogens is 1. The van der Waals surface area contributed by atoms with Gasteiger partial charge in [0, 0.05) is 21.1 Å². The van der Waals surface area contributed by atoms with Gasteiger partial charge in [0.05, 0.1) is 0 Å². The SMILES string of the molecule is NCC1(Cc2cc3cc(Br)ccc3[nH]2)CC1. The number of nitrogens with one attached hydrogen (secondary N) is 1. The molecule has 1 heterocycles. The fourth-order valence-electron chi connectivity index (χ4n) is 2.29. The topological polar surface area (TPSA) is 41.8 Å². The molecule has 1 saturated carbocycles. The zero-order valence-electron chi connectivity index (χ0n) is 9.09. The summed E-state index contributed by atoms with van der Waals surface area (Å²) in [6.07, 6.45) is 3.65. The van der Waals surface area contributed by atoms with Gasteiger partial charge in [-0.15, -0.1) is 0 Å². The molecule has 0 saturated heterocycles. The summed E-state index contributed by atoms with van der Waals surface area (Å²) in [6, 6.07) is 8.58. The van der Waals surface area contributed by atoms with Gasteiger partial charge in [-0.05, 0) is 55.5 Å². The molecule has 1 fully saturated rings. The first-order valence-electron chi connectivity index (χ1n) is 5.68. The minimum atomic E-state index is 0.401. The average molecular weight is 279 g/mol. The predicted molar refractivity (Wildman–Crippen MR) is 70.4 cm³/mol. The minimum Gasteiger partial charge on any atom is -0.358 e. The zero-order chi connectivity index (χ0) is 11.2. The van der Waals surface area contributed by atoms with Gasteiger partial charge in [0.1, 0.15) is 0 Å². The van der Waals surface area contributed by atoms with Gasteiger partial charge in [0.2, 0.25) is 0 Å². The number of hydrogen-bond acceptors (Lipinski definition) is 1. The van der Waals surface area contributed by atoms with E-state index >= 15 is 0 Å². The molecule has 1 aliphatic rings. The van der Waals surface area contributed by atoms with Crippen LogP contribution in [0.3, 0.4) is 0 Å². The van der Waals surface area contributed by atoms with Crippen LogP contribution in [-0.4, -0.2) is 11.5 Å². The van der Waals surface area contributed by atoms with E-state index in [1.54, 1.807) is 0 Å². The molecule has 3 heteroatoms. The van der Waals surface area contributed by atoms with Gasteiger partial charge in [-0.1, -0.05) is 15.9 Å². The second kappa shape index (κ2) is 3.60. The number of benzene rings is 1. The lowest BCUT2D eigenvalue weighted by Gasteiger charge is -2.09. The maximum atomic E-state index is 5.81. The van der Waals surface area contributed by atoms with E-state index < -0.39 is 0 Å². The summed E-state index contributed by atoms with van der Waals surface area (Å²) in [5.41, 5.74) is 8.74. The maximum Gasteiger partial charge on any atom is 0.0456 e. The number of nitrogens with two attached hydrogens (primary N) is 1. The molecule has 1 aromatic carbocycles. The predicted octanol–water partition coefficient (Wildman–Crippen LogP) is 3.21. The number of halogens is 1. The summed E-state index contributed by atoms with van der Waals surface area (Å²) >= 11 is 3.50. The van der Waals surface area contributed by atoms with Crippen LogP contribution >= 0.6 is 15.9 Å². The Hall–Kier alpha value is -0.800. The van der Waals surface area contributed by atoms with Crippen molar-refractivity contribution in [2.45, 2.75) is 19.3 Å². The van der Waals surface area contributed by atoms with E-state index in [-0.39, 0.29) is 0 Å². The number of aromatic nitrogens is 1.